The molecule has 0 aliphatic carbocycles. The van der Waals surface area contributed by atoms with E-state index in [1.165, 1.54) is 7.05 Å². The number of hydrogen-bond donors (Lipinski definition) is 2. The lowest BCUT2D eigenvalue weighted by Crippen LogP contribution is -2.36. The molecule has 1 amide bonds. The van der Waals surface area contributed by atoms with Crippen molar-refractivity contribution < 1.29 is 19.8 Å². The topological polar surface area (TPSA) is 77.8 Å². The molecule has 0 aliphatic heterocycles. The minimum absolute atomic E-state index is 0.235. The molecule has 0 aromatic carbocycles. The molecule has 0 fully saturated rings. The van der Waals surface area contributed by atoms with Gasteiger partial charge in [0.25, 0.3) is 0 Å². The Morgan fingerprint density at radius 1 is 1.78 bits per heavy atom. The largest absolute Gasteiger partial charge is 0.478 e. The van der Waals surface area contributed by atoms with Crippen molar-refractivity contribution in [2.24, 2.45) is 0 Å². The highest BCUT2D eigenvalue weighted by atomic mass is 16.4. The first-order valence-electron chi connectivity index (χ1n) is 2.17. The number of rotatable bonds is 3. The van der Waals surface area contributed by atoms with E-state index in [0.29, 0.717) is 4.90 Å². The molecule has 0 rings (SSSR count). The van der Waals surface area contributed by atoms with E-state index in [0.717, 1.165) is 0 Å². The number of carboxylic acid groups (broad SMARTS) is 1. The number of hydrogen-bond acceptors (Lipinski definition) is 3. The lowest BCUT2D eigenvalue weighted by Gasteiger charge is -2.12. The van der Waals surface area contributed by atoms with Crippen molar-refractivity contribution >= 4 is 12.4 Å². The predicted molar refractivity (Wildman–Crippen MR) is 27.5 cm³/mol. The van der Waals surface area contributed by atoms with E-state index >= 15 is 0 Å². The summed E-state index contributed by atoms with van der Waals surface area (Å²) in [4.78, 5) is 20.2. The van der Waals surface area contributed by atoms with Crippen LogP contribution in [0.5, 0.6) is 0 Å². The smallest absolute Gasteiger partial charge is 0.354 e. The quantitative estimate of drug-likeness (QED) is 0.362. The zero-order chi connectivity index (χ0) is 7.44. The van der Waals surface area contributed by atoms with E-state index in [2.05, 4.69) is 0 Å². The highest BCUT2D eigenvalue weighted by Crippen LogP contribution is 1.85. The number of amides is 1. The number of carbonyl (C=O) groups excluding carboxylic acids is 1. The van der Waals surface area contributed by atoms with Crippen molar-refractivity contribution in [3.63, 3.8) is 0 Å². The van der Waals surface area contributed by atoms with Gasteiger partial charge in [0.15, 0.2) is 0 Å². The van der Waals surface area contributed by atoms with Crippen molar-refractivity contribution in [2.45, 2.75) is 6.23 Å². The summed E-state index contributed by atoms with van der Waals surface area (Å²) in [5, 5.41) is 16.5. The fraction of sp³-hybridized carbons (Fsp3) is 0.500. The molecule has 5 heteroatoms. The molecule has 0 aromatic heterocycles. The van der Waals surface area contributed by atoms with Crippen LogP contribution in [0.3, 0.4) is 0 Å². The average molecular weight is 133 g/mol. The zero-order valence-corrected chi connectivity index (χ0v) is 4.81. The van der Waals surface area contributed by atoms with Crippen molar-refractivity contribution in [3.05, 3.63) is 0 Å². The summed E-state index contributed by atoms with van der Waals surface area (Å²) in [6.07, 6.45) is -1.50. The number of carboxylic acids is 1. The molecule has 0 saturated carbocycles. The summed E-state index contributed by atoms with van der Waals surface area (Å²) in [7, 11) is 1.17. The molecular weight excluding hydrogens is 126 g/mol. The van der Waals surface area contributed by atoms with Crippen LogP contribution in [-0.4, -0.2) is 40.8 Å². The monoisotopic (exact) mass is 133 g/mol. The van der Waals surface area contributed by atoms with Crippen molar-refractivity contribution in [1.82, 2.24) is 4.90 Å². The fourth-order valence-electron chi connectivity index (χ4n) is 0.232. The fourth-order valence-corrected chi connectivity index (χ4v) is 0.232. The van der Waals surface area contributed by atoms with Gasteiger partial charge in [-0.15, -0.1) is 0 Å². The molecule has 0 saturated heterocycles. The Labute approximate surface area is 51.5 Å². The number of nitrogens with zero attached hydrogens (tertiary/aromatic N) is 1. The van der Waals surface area contributed by atoms with Crippen molar-refractivity contribution in [2.75, 3.05) is 7.05 Å². The van der Waals surface area contributed by atoms with E-state index < -0.39 is 12.2 Å². The third kappa shape index (κ3) is 2.09. The van der Waals surface area contributed by atoms with Gasteiger partial charge in [0.1, 0.15) is 0 Å². The van der Waals surface area contributed by atoms with E-state index in [4.69, 9.17) is 10.2 Å². The second-order valence-corrected chi connectivity index (χ2v) is 1.48. The molecule has 2 N–H and O–H groups in total. The third-order valence-electron chi connectivity index (χ3n) is 0.773. The van der Waals surface area contributed by atoms with E-state index in [1.807, 2.05) is 0 Å². The first-order chi connectivity index (χ1) is 4.09. The van der Waals surface area contributed by atoms with Crippen LogP contribution < -0.4 is 0 Å². The standard InChI is InChI=1S/C4H7NO4/c1-5(2-6)3(7)4(8)9/h2-3,7H,1H3,(H,8,9)/t3-/m1/s1. The summed E-state index contributed by atoms with van der Waals surface area (Å²) in [5.74, 6) is -1.44. The second kappa shape index (κ2) is 3.03. The van der Waals surface area contributed by atoms with Gasteiger partial charge in [0.2, 0.25) is 12.6 Å². The van der Waals surface area contributed by atoms with E-state index in [-0.39, 0.29) is 6.41 Å². The maximum absolute atomic E-state index is 9.85. The normalized spacial score (nSPS) is 12.2. The maximum Gasteiger partial charge on any atom is 0.354 e. The van der Waals surface area contributed by atoms with Crippen LogP contribution in [0.15, 0.2) is 0 Å². The Kier molecular flexibility index (Phi) is 2.66. The zero-order valence-electron chi connectivity index (χ0n) is 4.81. The molecule has 0 unspecified atom stereocenters. The molecule has 9 heavy (non-hydrogen) atoms. The SMILES string of the molecule is CN(C=O)[C@H](O)C(=O)O. The van der Waals surface area contributed by atoms with Gasteiger partial charge in [-0.1, -0.05) is 0 Å². The highest BCUT2D eigenvalue weighted by molar-refractivity contribution is 5.74. The van der Waals surface area contributed by atoms with Gasteiger partial charge in [-0.05, 0) is 0 Å². The molecule has 0 spiro atoms. The number of likely N-dealkylation sites (N-methyl/N-ethyl adjacent to an activating group) is 1. The van der Waals surface area contributed by atoms with Gasteiger partial charge in [0.05, 0.1) is 0 Å². The number of carbonyl (C=O) groups is 2. The van der Waals surface area contributed by atoms with E-state index in [9.17, 15) is 9.59 Å². The molecule has 0 aliphatic rings. The maximum atomic E-state index is 9.85. The molecule has 5 nitrogen and oxygen atoms in total. The number of aliphatic carboxylic acids is 1. The van der Waals surface area contributed by atoms with Crippen LogP contribution in [0, 0.1) is 0 Å². The minimum atomic E-state index is -1.73. The first-order valence-corrected chi connectivity index (χ1v) is 2.17. The molecular formula is C4H7NO4. The Bertz CT molecular complexity index is 124. The van der Waals surface area contributed by atoms with Crippen molar-refractivity contribution in [3.8, 4) is 0 Å². The summed E-state index contributed by atoms with van der Waals surface area (Å²) >= 11 is 0. The minimum Gasteiger partial charge on any atom is -0.478 e. The van der Waals surface area contributed by atoms with Gasteiger partial charge in [-0.2, -0.15) is 0 Å². The van der Waals surface area contributed by atoms with Crippen LogP contribution in [0.2, 0.25) is 0 Å². The summed E-state index contributed by atoms with van der Waals surface area (Å²) in [5.41, 5.74) is 0. The Balaban J connectivity index is 3.86. The summed E-state index contributed by atoms with van der Waals surface area (Å²) < 4.78 is 0. The average Bonchev–Trinajstić information content (AvgIpc) is 1.84. The highest BCUT2D eigenvalue weighted by Gasteiger charge is 2.16. The van der Waals surface area contributed by atoms with Gasteiger partial charge in [-0.25, -0.2) is 4.79 Å². The van der Waals surface area contributed by atoms with Gasteiger partial charge < -0.3 is 15.1 Å². The molecule has 0 aromatic rings. The van der Waals surface area contributed by atoms with Gasteiger partial charge >= 0.3 is 5.97 Å². The van der Waals surface area contributed by atoms with Crippen LogP contribution in [0.4, 0.5) is 0 Å². The summed E-state index contributed by atoms with van der Waals surface area (Å²) in [6, 6.07) is 0. The molecule has 52 valence electrons. The molecule has 0 heterocycles. The predicted octanol–water partition coefficient (Wildman–Crippen LogP) is -1.52. The third-order valence-corrected chi connectivity index (χ3v) is 0.773. The molecule has 0 bridgehead atoms. The van der Waals surface area contributed by atoms with Gasteiger partial charge in [-0.3, -0.25) is 4.79 Å². The lowest BCUT2D eigenvalue weighted by molar-refractivity contribution is -0.159. The van der Waals surface area contributed by atoms with Gasteiger partial charge in [0, 0.05) is 7.05 Å². The number of aliphatic hydroxyl groups is 1. The molecule has 1 atom stereocenters. The van der Waals surface area contributed by atoms with E-state index in [1.54, 1.807) is 0 Å². The van der Waals surface area contributed by atoms with Crippen LogP contribution in [-0.2, 0) is 9.59 Å². The summed E-state index contributed by atoms with van der Waals surface area (Å²) in [6.45, 7) is 0. The molecule has 0 radical (unpaired) electrons. The Morgan fingerprint density at radius 3 is 2.33 bits per heavy atom. The first kappa shape index (κ1) is 7.90. The second-order valence-electron chi connectivity index (χ2n) is 1.48. The van der Waals surface area contributed by atoms with Crippen LogP contribution >= 0.6 is 0 Å². The van der Waals surface area contributed by atoms with Crippen molar-refractivity contribution in [1.29, 1.82) is 0 Å². The Hall–Kier alpha value is -1.10. The lowest BCUT2D eigenvalue weighted by atomic mass is 10.5. The van der Waals surface area contributed by atoms with Crippen LogP contribution in [0.25, 0.3) is 0 Å². The number of aliphatic hydroxyl groups excluding tert-OH is 1. The van der Waals surface area contributed by atoms with Crippen LogP contribution in [0.1, 0.15) is 0 Å². The Morgan fingerprint density at radius 2 is 2.22 bits per heavy atom.